The molecule has 0 aromatic rings. The molecular formula is C13H24N2O4S. The molecule has 1 atom stereocenters. The predicted octanol–water partition coefficient (Wildman–Crippen LogP) is 1.20. The number of piperidine rings is 1. The molecule has 1 aliphatic heterocycles. The summed E-state index contributed by atoms with van der Waals surface area (Å²) in [6.45, 7) is 2.70. The van der Waals surface area contributed by atoms with Gasteiger partial charge in [-0.2, -0.15) is 17.4 Å². The second-order valence-electron chi connectivity index (χ2n) is 6.12. The summed E-state index contributed by atoms with van der Waals surface area (Å²) in [6, 6.07) is 0.00130. The van der Waals surface area contributed by atoms with Gasteiger partial charge >= 0.3 is 5.97 Å². The standard InChI is InChI=1S/C13H24N2O4S/c1-10-4-6-12(7-5-10)14-20(18,19)15-8-2-3-11(9-15)13(16)17/h10-12,14H,2-9H2,1H3,(H,16,17). The highest BCUT2D eigenvalue weighted by Gasteiger charge is 2.33. The summed E-state index contributed by atoms with van der Waals surface area (Å²) < 4.78 is 28.7. The first-order valence-electron chi connectivity index (χ1n) is 7.38. The van der Waals surface area contributed by atoms with Crippen LogP contribution in [-0.4, -0.2) is 42.9 Å². The largest absolute Gasteiger partial charge is 0.481 e. The number of carbonyl (C=O) groups is 1. The first-order chi connectivity index (χ1) is 9.38. The molecule has 0 aromatic heterocycles. The van der Waals surface area contributed by atoms with E-state index in [4.69, 9.17) is 5.11 Å². The number of hydrogen-bond acceptors (Lipinski definition) is 3. The maximum atomic E-state index is 12.3. The smallest absolute Gasteiger partial charge is 0.307 e. The molecule has 0 amide bonds. The van der Waals surface area contributed by atoms with E-state index < -0.39 is 22.1 Å². The monoisotopic (exact) mass is 304 g/mol. The molecule has 2 N–H and O–H groups in total. The molecule has 6 nitrogen and oxygen atoms in total. The highest BCUT2D eigenvalue weighted by atomic mass is 32.2. The summed E-state index contributed by atoms with van der Waals surface area (Å²) in [5, 5.41) is 9.03. The lowest BCUT2D eigenvalue weighted by Gasteiger charge is -2.33. The van der Waals surface area contributed by atoms with Crippen LogP contribution in [-0.2, 0) is 15.0 Å². The molecule has 116 valence electrons. The minimum absolute atomic E-state index is 0.00130. The Morgan fingerprint density at radius 1 is 1.20 bits per heavy atom. The molecule has 2 fully saturated rings. The molecule has 20 heavy (non-hydrogen) atoms. The second kappa shape index (κ2) is 6.41. The second-order valence-corrected chi connectivity index (χ2v) is 7.82. The number of hydrogen-bond donors (Lipinski definition) is 2. The van der Waals surface area contributed by atoms with Gasteiger partial charge in [0.1, 0.15) is 0 Å². The average Bonchev–Trinajstić information content (AvgIpc) is 2.41. The molecule has 0 aromatic carbocycles. The van der Waals surface area contributed by atoms with Crippen molar-refractivity contribution in [1.29, 1.82) is 0 Å². The number of rotatable bonds is 4. The van der Waals surface area contributed by atoms with Gasteiger partial charge in [0.2, 0.25) is 0 Å². The van der Waals surface area contributed by atoms with Gasteiger partial charge in [-0.3, -0.25) is 4.79 Å². The third kappa shape index (κ3) is 3.93. The van der Waals surface area contributed by atoms with Crippen LogP contribution in [0.25, 0.3) is 0 Å². The van der Waals surface area contributed by atoms with Crippen molar-refractivity contribution in [1.82, 2.24) is 9.03 Å². The zero-order chi connectivity index (χ0) is 14.8. The molecular weight excluding hydrogens is 280 g/mol. The molecule has 1 aliphatic carbocycles. The van der Waals surface area contributed by atoms with E-state index in [1.165, 1.54) is 4.31 Å². The molecule has 1 heterocycles. The van der Waals surface area contributed by atoms with Crippen LogP contribution in [0.1, 0.15) is 45.4 Å². The van der Waals surface area contributed by atoms with Gasteiger partial charge in [0, 0.05) is 19.1 Å². The lowest BCUT2D eigenvalue weighted by Crippen LogP contribution is -2.50. The van der Waals surface area contributed by atoms with E-state index in [2.05, 4.69) is 11.6 Å². The Morgan fingerprint density at radius 2 is 1.85 bits per heavy atom. The molecule has 2 aliphatic rings. The van der Waals surface area contributed by atoms with Crippen molar-refractivity contribution in [2.24, 2.45) is 11.8 Å². The SMILES string of the molecule is CC1CCC(NS(=O)(=O)N2CCCC(C(=O)O)C2)CC1. The number of nitrogens with one attached hydrogen (secondary N) is 1. The van der Waals surface area contributed by atoms with Crippen molar-refractivity contribution < 1.29 is 18.3 Å². The predicted molar refractivity (Wildman–Crippen MR) is 75.4 cm³/mol. The Bertz CT molecular complexity index is 443. The zero-order valence-corrected chi connectivity index (χ0v) is 12.7. The van der Waals surface area contributed by atoms with Crippen LogP contribution in [0.4, 0.5) is 0 Å². The van der Waals surface area contributed by atoms with Gasteiger partial charge in [-0.25, -0.2) is 0 Å². The van der Waals surface area contributed by atoms with Gasteiger partial charge in [0.25, 0.3) is 10.2 Å². The van der Waals surface area contributed by atoms with E-state index in [1.54, 1.807) is 0 Å². The number of aliphatic carboxylic acids is 1. The van der Waals surface area contributed by atoms with Gasteiger partial charge in [0.15, 0.2) is 0 Å². The topological polar surface area (TPSA) is 86.7 Å². The molecule has 2 rings (SSSR count). The third-order valence-corrected chi connectivity index (χ3v) is 6.05. The van der Waals surface area contributed by atoms with Crippen molar-refractivity contribution in [2.45, 2.75) is 51.5 Å². The first kappa shape index (κ1) is 15.7. The zero-order valence-electron chi connectivity index (χ0n) is 11.9. The van der Waals surface area contributed by atoms with E-state index in [0.29, 0.717) is 25.3 Å². The average molecular weight is 304 g/mol. The highest BCUT2D eigenvalue weighted by molar-refractivity contribution is 7.87. The lowest BCUT2D eigenvalue weighted by atomic mass is 9.88. The van der Waals surface area contributed by atoms with Gasteiger partial charge in [-0.15, -0.1) is 0 Å². The Labute approximate surface area is 120 Å². The molecule has 1 unspecified atom stereocenters. The van der Waals surface area contributed by atoms with E-state index >= 15 is 0 Å². The first-order valence-corrected chi connectivity index (χ1v) is 8.82. The van der Waals surface area contributed by atoms with Crippen molar-refractivity contribution in [3.8, 4) is 0 Å². The van der Waals surface area contributed by atoms with Crippen LogP contribution in [0.3, 0.4) is 0 Å². The fourth-order valence-electron chi connectivity index (χ4n) is 3.03. The summed E-state index contributed by atoms with van der Waals surface area (Å²) >= 11 is 0. The van der Waals surface area contributed by atoms with Gasteiger partial charge in [0.05, 0.1) is 5.92 Å². The molecule has 7 heteroatoms. The number of carboxylic acid groups (broad SMARTS) is 1. The molecule has 1 saturated carbocycles. The number of nitrogens with zero attached hydrogens (tertiary/aromatic N) is 1. The summed E-state index contributed by atoms with van der Waals surface area (Å²) in [7, 11) is -3.55. The lowest BCUT2D eigenvalue weighted by molar-refractivity contribution is -0.142. The van der Waals surface area contributed by atoms with Crippen LogP contribution in [0, 0.1) is 11.8 Å². The Balaban J connectivity index is 1.94. The molecule has 0 spiro atoms. The molecule has 1 saturated heterocycles. The summed E-state index contributed by atoms with van der Waals surface area (Å²) in [4.78, 5) is 11.0. The normalized spacial score (nSPS) is 33.0. The maximum Gasteiger partial charge on any atom is 0.307 e. The minimum atomic E-state index is -3.55. The van der Waals surface area contributed by atoms with Crippen molar-refractivity contribution in [2.75, 3.05) is 13.1 Å². The fraction of sp³-hybridized carbons (Fsp3) is 0.923. The summed E-state index contributed by atoms with van der Waals surface area (Å²) in [5.74, 6) is -0.815. The van der Waals surface area contributed by atoms with E-state index in [-0.39, 0.29) is 12.6 Å². The summed E-state index contributed by atoms with van der Waals surface area (Å²) in [6.07, 6.45) is 5.00. The molecule has 0 radical (unpaired) electrons. The van der Waals surface area contributed by atoms with Gasteiger partial charge in [-0.05, 0) is 44.4 Å². The van der Waals surface area contributed by atoms with Crippen molar-refractivity contribution >= 4 is 16.2 Å². The van der Waals surface area contributed by atoms with E-state index in [1.807, 2.05) is 0 Å². The van der Waals surface area contributed by atoms with Crippen LogP contribution in [0.5, 0.6) is 0 Å². The third-order valence-electron chi connectivity index (χ3n) is 4.40. The van der Waals surface area contributed by atoms with Crippen LogP contribution < -0.4 is 4.72 Å². The Hall–Kier alpha value is -0.660. The van der Waals surface area contributed by atoms with E-state index in [9.17, 15) is 13.2 Å². The minimum Gasteiger partial charge on any atom is -0.481 e. The van der Waals surface area contributed by atoms with Gasteiger partial charge in [-0.1, -0.05) is 6.92 Å². The highest BCUT2D eigenvalue weighted by Crippen LogP contribution is 2.25. The quantitative estimate of drug-likeness (QED) is 0.817. The summed E-state index contributed by atoms with van der Waals surface area (Å²) in [5.41, 5.74) is 0. The van der Waals surface area contributed by atoms with Crippen molar-refractivity contribution in [3.63, 3.8) is 0 Å². The number of carboxylic acids is 1. The van der Waals surface area contributed by atoms with Crippen LogP contribution in [0.15, 0.2) is 0 Å². The molecule has 0 bridgehead atoms. The Kier molecular flexibility index (Phi) is 5.04. The van der Waals surface area contributed by atoms with E-state index in [0.717, 1.165) is 25.7 Å². The maximum absolute atomic E-state index is 12.3. The van der Waals surface area contributed by atoms with Crippen molar-refractivity contribution in [3.05, 3.63) is 0 Å². The Morgan fingerprint density at radius 3 is 2.45 bits per heavy atom. The van der Waals surface area contributed by atoms with Crippen LogP contribution in [0.2, 0.25) is 0 Å². The van der Waals surface area contributed by atoms with Gasteiger partial charge < -0.3 is 5.11 Å². The fourth-order valence-corrected chi connectivity index (χ4v) is 4.58. The van der Waals surface area contributed by atoms with Crippen LogP contribution >= 0.6 is 0 Å².